The molecule has 0 radical (unpaired) electrons. The monoisotopic (exact) mass is 379 g/mol. The first kappa shape index (κ1) is 17.1. The Labute approximate surface area is 158 Å². The Kier molecular flexibility index (Phi) is 4.52. The largest absolute Gasteiger partial charge is 0.349 e. The Bertz CT molecular complexity index is 1120. The van der Waals surface area contributed by atoms with Crippen molar-refractivity contribution in [2.45, 2.75) is 0 Å². The van der Waals surface area contributed by atoms with Crippen molar-refractivity contribution in [1.29, 1.82) is 0 Å². The number of nitrogens with zero attached hydrogens (tertiary/aromatic N) is 2. The summed E-state index contributed by atoms with van der Waals surface area (Å²) in [6.07, 6.45) is 1.60. The van der Waals surface area contributed by atoms with Crippen LogP contribution in [0.2, 0.25) is 0 Å². The second-order valence-corrected chi connectivity index (χ2v) is 6.70. The molecule has 0 unspecified atom stereocenters. The number of hydrogen-bond donors (Lipinski definition) is 1. The number of carbonyl (C=O) groups is 1. The van der Waals surface area contributed by atoms with Gasteiger partial charge in [-0.05, 0) is 41.8 Å². The van der Waals surface area contributed by atoms with Crippen LogP contribution < -0.4 is 5.32 Å². The lowest BCUT2D eigenvalue weighted by Gasteiger charge is -2.07. The molecular formula is C20H14FN3O2S. The van der Waals surface area contributed by atoms with Crippen molar-refractivity contribution in [2.75, 3.05) is 6.54 Å². The van der Waals surface area contributed by atoms with Crippen LogP contribution in [-0.2, 0) is 0 Å². The van der Waals surface area contributed by atoms with E-state index in [1.807, 2.05) is 17.5 Å². The molecular weight excluding hydrogens is 365 g/mol. The van der Waals surface area contributed by atoms with Crippen molar-refractivity contribution < 1.29 is 13.7 Å². The fraction of sp³-hybridized carbons (Fsp3) is 0.0500. The van der Waals surface area contributed by atoms with Gasteiger partial charge in [0.15, 0.2) is 0 Å². The van der Waals surface area contributed by atoms with E-state index >= 15 is 0 Å². The smallest absolute Gasteiger partial charge is 0.259 e. The second kappa shape index (κ2) is 7.13. The molecule has 134 valence electrons. The van der Waals surface area contributed by atoms with E-state index in [0.29, 0.717) is 34.4 Å². The highest BCUT2D eigenvalue weighted by Crippen LogP contribution is 2.33. The number of fused-ring (bicyclic) bond motifs is 1. The normalized spacial score (nSPS) is 10.9. The average molecular weight is 379 g/mol. The molecule has 1 amide bonds. The molecule has 0 saturated carbocycles. The summed E-state index contributed by atoms with van der Waals surface area (Å²) in [7, 11) is 0. The topological polar surface area (TPSA) is 68.0 Å². The number of halogens is 1. The summed E-state index contributed by atoms with van der Waals surface area (Å²) < 4.78 is 18.7. The first-order valence-electron chi connectivity index (χ1n) is 8.16. The van der Waals surface area contributed by atoms with Gasteiger partial charge in [0.1, 0.15) is 11.5 Å². The molecule has 0 saturated heterocycles. The third-order valence-electron chi connectivity index (χ3n) is 3.99. The molecule has 3 heterocycles. The first-order valence-corrected chi connectivity index (χ1v) is 9.04. The van der Waals surface area contributed by atoms with E-state index in [9.17, 15) is 9.18 Å². The summed E-state index contributed by atoms with van der Waals surface area (Å²) in [4.78, 5) is 18.2. The zero-order valence-electron chi connectivity index (χ0n) is 14.1. The van der Waals surface area contributed by atoms with Crippen molar-refractivity contribution in [3.8, 4) is 21.8 Å². The van der Waals surface area contributed by atoms with Gasteiger partial charge in [0.25, 0.3) is 11.6 Å². The molecule has 0 spiro atoms. The molecule has 0 atom stereocenters. The van der Waals surface area contributed by atoms with Crippen LogP contribution in [-0.4, -0.2) is 22.6 Å². The van der Waals surface area contributed by atoms with E-state index < -0.39 is 0 Å². The SMILES string of the molecule is C=CCNC(=O)c1cc(-c2cccs2)nc2onc(-c3ccc(F)cc3)c12. The van der Waals surface area contributed by atoms with Crippen LogP contribution >= 0.6 is 11.3 Å². The van der Waals surface area contributed by atoms with Crippen molar-refractivity contribution in [2.24, 2.45) is 0 Å². The quantitative estimate of drug-likeness (QED) is 0.512. The maximum atomic E-state index is 13.3. The van der Waals surface area contributed by atoms with Crippen LogP contribution in [0.5, 0.6) is 0 Å². The third kappa shape index (κ3) is 3.24. The molecule has 5 nitrogen and oxygen atoms in total. The maximum Gasteiger partial charge on any atom is 0.259 e. The van der Waals surface area contributed by atoms with Gasteiger partial charge >= 0.3 is 0 Å². The number of benzene rings is 1. The van der Waals surface area contributed by atoms with Crippen LogP contribution in [0.4, 0.5) is 4.39 Å². The van der Waals surface area contributed by atoms with Gasteiger partial charge in [-0.2, -0.15) is 0 Å². The number of thiophene rings is 1. The van der Waals surface area contributed by atoms with E-state index in [-0.39, 0.29) is 17.4 Å². The molecule has 4 aromatic rings. The van der Waals surface area contributed by atoms with Gasteiger partial charge in [-0.15, -0.1) is 17.9 Å². The number of amides is 1. The van der Waals surface area contributed by atoms with Crippen LogP contribution in [0, 0.1) is 5.82 Å². The van der Waals surface area contributed by atoms with Gasteiger partial charge in [0.05, 0.1) is 21.5 Å². The Morgan fingerprint density at radius 2 is 2.11 bits per heavy atom. The van der Waals surface area contributed by atoms with Gasteiger partial charge in [0.2, 0.25) is 0 Å². The molecule has 3 aromatic heterocycles. The second-order valence-electron chi connectivity index (χ2n) is 5.75. The van der Waals surface area contributed by atoms with E-state index in [1.54, 1.807) is 24.3 Å². The van der Waals surface area contributed by atoms with Gasteiger partial charge in [-0.3, -0.25) is 4.79 Å². The van der Waals surface area contributed by atoms with Crippen molar-refractivity contribution in [3.63, 3.8) is 0 Å². The number of rotatable bonds is 5. The van der Waals surface area contributed by atoms with Crippen LogP contribution in [0.25, 0.3) is 32.9 Å². The molecule has 0 aliphatic rings. The maximum absolute atomic E-state index is 13.3. The first-order chi connectivity index (χ1) is 13.2. The van der Waals surface area contributed by atoms with Gasteiger partial charge in [0, 0.05) is 12.1 Å². The summed E-state index contributed by atoms with van der Waals surface area (Å²) in [5, 5.41) is 9.29. The van der Waals surface area contributed by atoms with Crippen LogP contribution in [0.1, 0.15) is 10.4 Å². The Morgan fingerprint density at radius 1 is 1.30 bits per heavy atom. The summed E-state index contributed by atoms with van der Waals surface area (Å²) in [6, 6.07) is 11.4. The predicted octanol–water partition coefficient (Wildman–Crippen LogP) is 4.67. The fourth-order valence-electron chi connectivity index (χ4n) is 2.75. The fourth-order valence-corrected chi connectivity index (χ4v) is 3.43. The number of aromatic nitrogens is 2. The highest BCUT2D eigenvalue weighted by Gasteiger charge is 2.22. The summed E-state index contributed by atoms with van der Waals surface area (Å²) in [6.45, 7) is 3.95. The lowest BCUT2D eigenvalue weighted by molar-refractivity contribution is 0.0959. The van der Waals surface area contributed by atoms with Crippen molar-refractivity contribution in [1.82, 2.24) is 15.5 Å². The number of hydrogen-bond acceptors (Lipinski definition) is 5. The van der Waals surface area contributed by atoms with E-state index in [2.05, 4.69) is 22.0 Å². The molecule has 0 aliphatic carbocycles. The molecule has 7 heteroatoms. The Balaban J connectivity index is 1.93. The molecule has 0 aliphatic heterocycles. The highest BCUT2D eigenvalue weighted by molar-refractivity contribution is 7.13. The zero-order chi connectivity index (χ0) is 18.8. The lowest BCUT2D eigenvalue weighted by atomic mass is 10.0. The average Bonchev–Trinajstić information content (AvgIpc) is 3.36. The number of pyridine rings is 1. The number of carbonyl (C=O) groups excluding carboxylic acids is 1. The molecule has 0 fully saturated rings. The van der Waals surface area contributed by atoms with Gasteiger partial charge < -0.3 is 9.84 Å². The third-order valence-corrected chi connectivity index (χ3v) is 4.88. The predicted molar refractivity (Wildman–Crippen MR) is 103 cm³/mol. The highest BCUT2D eigenvalue weighted by atomic mass is 32.1. The standard InChI is InChI=1S/C20H14FN3O2S/c1-2-9-22-19(25)14-11-15(16-4-3-10-27-16)23-20-17(14)18(24-26-20)12-5-7-13(21)8-6-12/h2-8,10-11H,1,9H2,(H,22,25). The molecule has 1 aromatic carbocycles. The minimum absolute atomic E-state index is 0.254. The van der Waals surface area contributed by atoms with Crippen LogP contribution in [0.15, 0.2) is 65.0 Å². The van der Waals surface area contributed by atoms with Crippen LogP contribution in [0.3, 0.4) is 0 Å². The minimum Gasteiger partial charge on any atom is -0.349 e. The molecule has 4 rings (SSSR count). The molecule has 27 heavy (non-hydrogen) atoms. The molecule has 0 bridgehead atoms. The van der Waals surface area contributed by atoms with Gasteiger partial charge in [-0.25, -0.2) is 9.37 Å². The number of nitrogens with one attached hydrogen (secondary N) is 1. The lowest BCUT2D eigenvalue weighted by Crippen LogP contribution is -2.23. The summed E-state index contributed by atoms with van der Waals surface area (Å²) >= 11 is 1.51. The molecule has 1 N–H and O–H groups in total. The van der Waals surface area contributed by atoms with E-state index in [0.717, 1.165) is 4.88 Å². The van der Waals surface area contributed by atoms with Crippen molar-refractivity contribution in [3.05, 3.63) is 71.9 Å². The van der Waals surface area contributed by atoms with E-state index in [4.69, 9.17) is 4.52 Å². The summed E-state index contributed by atoms with van der Waals surface area (Å²) in [5.41, 5.74) is 2.36. The zero-order valence-corrected chi connectivity index (χ0v) is 14.9. The Morgan fingerprint density at radius 3 is 2.81 bits per heavy atom. The van der Waals surface area contributed by atoms with E-state index in [1.165, 1.54) is 23.5 Å². The summed E-state index contributed by atoms with van der Waals surface area (Å²) in [5.74, 6) is -0.639. The Hall–Kier alpha value is -3.32. The van der Waals surface area contributed by atoms with Crippen molar-refractivity contribution >= 4 is 28.3 Å². The van der Waals surface area contributed by atoms with Gasteiger partial charge in [-0.1, -0.05) is 17.3 Å². The minimum atomic E-state index is -0.353.